The van der Waals surface area contributed by atoms with E-state index in [1.54, 1.807) is 29.3 Å². The summed E-state index contributed by atoms with van der Waals surface area (Å²) in [4.78, 5) is 26.8. The molecule has 7 nitrogen and oxygen atoms in total. The second-order valence-corrected chi connectivity index (χ2v) is 6.12. The lowest BCUT2D eigenvalue weighted by molar-refractivity contribution is -0.123. The Morgan fingerprint density at radius 3 is 2.42 bits per heavy atom. The van der Waals surface area contributed by atoms with Crippen LogP contribution >= 0.6 is 0 Å². The van der Waals surface area contributed by atoms with E-state index in [1.807, 2.05) is 37.3 Å². The molecule has 7 heteroatoms. The topological polar surface area (TPSA) is 74.6 Å². The first kappa shape index (κ1) is 16.3. The molecule has 2 atom stereocenters. The van der Waals surface area contributed by atoms with Crippen LogP contribution in [0.2, 0.25) is 0 Å². The first-order chi connectivity index (χ1) is 12.7. The molecule has 0 aromatic heterocycles. The number of nitrogens with zero attached hydrogens (tertiary/aromatic N) is 4. The average Bonchev–Trinajstić information content (AvgIpc) is 3.18. The summed E-state index contributed by atoms with van der Waals surface area (Å²) in [7, 11) is 0. The van der Waals surface area contributed by atoms with Crippen LogP contribution in [0, 0.1) is 0 Å². The average molecular weight is 350 g/mol. The third-order valence-corrected chi connectivity index (χ3v) is 4.45. The Kier molecular flexibility index (Phi) is 4.12. The van der Waals surface area contributed by atoms with E-state index in [1.165, 1.54) is 4.90 Å². The molecule has 2 aliphatic heterocycles. The van der Waals surface area contributed by atoms with Crippen LogP contribution in [0.5, 0.6) is 5.75 Å². The van der Waals surface area contributed by atoms with Crippen LogP contribution in [-0.4, -0.2) is 35.5 Å². The van der Waals surface area contributed by atoms with Gasteiger partial charge in [0, 0.05) is 0 Å². The van der Waals surface area contributed by atoms with Crippen molar-refractivity contribution in [2.24, 2.45) is 10.3 Å². The Morgan fingerprint density at radius 2 is 1.73 bits per heavy atom. The summed E-state index contributed by atoms with van der Waals surface area (Å²) >= 11 is 0. The Morgan fingerprint density at radius 1 is 1.00 bits per heavy atom. The van der Waals surface area contributed by atoms with E-state index in [9.17, 15) is 9.59 Å². The number of carbonyl (C=O) groups is 2. The minimum absolute atomic E-state index is 0.301. The van der Waals surface area contributed by atoms with E-state index in [-0.39, 0.29) is 11.8 Å². The summed E-state index contributed by atoms with van der Waals surface area (Å²) < 4.78 is 5.41. The van der Waals surface area contributed by atoms with E-state index in [2.05, 4.69) is 10.3 Å². The molecule has 132 valence electrons. The van der Waals surface area contributed by atoms with Crippen molar-refractivity contribution in [2.45, 2.75) is 25.6 Å². The van der Waals surface area contributed by atoms with Crippen molar-refractivity contribution in [2.75, 3.05) is 11.5 Å². The van der Waals surface area contributed by atoms with Crippen LogP contribution in [0.4, 0.5) is 5.69 Å². The summed E-state index contributed by atoms with van der Waals surface area (Å²) in [6.45, 7) is 2.89. The lowest BCUT2D eigenvalue weighted by Crippen LogP contribution is -2.39. The van der Waals surface area contributed by atoms with Crippen LogP contribution in [0.3, 0.4) is 0 Å². The van der Waals surface area contributed by atoms with Crippen LogP contribution in [0.15, 0.2) is 64.9 Å². The van der Waals surface area contributed by atoms with E-state index in [4.69, 9.17) is 4.74 Å². The maximum absolute atomic E-state index is 12.9. The zero-order valence-corrected chi connectivity index (χ0v) is 14.3. The van der Waals surface area contributed by atoms with E-state index >= 15 is 0 Å². The molecule has 26 heavy (non-hydrogen) atoms. The first-order valence-electron chi connectivity index (χ1n) is 8.51. The predicted molar refractivity (Wildman–Crippen MR) is 94.5 cm³/mol. The molecule has 2 aliphatic rings. The Bertz CT molecular complexity index is 851. The molecule has 2 aromatic rings. The minimum atomic E-state index is -0.780. The highest BCUT2D eigenvalue weighted by molar-refractivity contribution is 6.25. The highest BCUT2D eigenvalue weighted by Crippen LogP contribution is 2.33. The third kappa shape index (κ3) is 2.71. The molecule has 0 radical (unpaired) electrons. The second-order valence-electron chi connectivity index (χ2n) is 6.12. The summed E-state index contributed by atoms with van der Waals surface area (Å²) in [6, 6.07) is 15.1. The van der Waals surface area contributed by atoms with Gasteiger partial charge in [0.05, 0.1) is 18.8 Å². The van der Waals surface area contributed by atoms with Crippen molar-refractivity contribution in [3.05, 3.63) is 60.2 Å². The summed E-state index contributed by atoms with van der Waals surface area (Å²) in [5.41, 5.74) is 1.53. The third-order valence-electron chi connectivity index (χ3n) is 4.45. The molecule has 0 saturated carbocycles. The van der Waals surface area contributed by atoms with Crippen molar-refractivity contribution in [1.82, 2.24) is 5.01 Å². The van der Waals surface area contributed by atoms with Gasteiger partial charge in [-0.15, -0.1) is 0 Å². The lowest BCUT2D eigenvalue weighted by Gasteiger charge is -2.20. The molecule has 4 rings (SSSR count). The number of hydrogen-bond acceptors (Lipinski definition) is 6. The van der Waals surface area contributed by atoms with Gasteiger partial charge >= 0.3 is 0 Å². The molecule has 0 spiro atoms. The number of rotatable bonds is 5. The largest absolute Gasteiger partial charge is 0.494 e. The van der Waals surface area contributed by atoms with Gasteiger partial charge < -0.3 is 4.74 Å². The zero-order chi connectivity index (χ0) is 18.1. The van der Waals surface area contributed by atoms with Gasteiger partial charge in [0.1, 0.15) is 5.75 Å². The molecule has 0 N–H and O–H groups in total. The number of anilines is 1. The normalized spacial score (nSPS) is 21.4. The fourth-order valence-electron chi connectivity index (χ4n) is 3.24. The number of benzene rings is 2. The molecule has 0 unspecified atom stereocenters. The molecule has 0 aliphatic carbocycles. The maximum atomic E-state index is 12.9. The van der Waals surface area contributed by atoms with Crippen LogP contribution < -0.4 is 9.64 Å². The van der Waals surface area contributed by atoms with Gasteiger partial charge in [-0.2, -0.15) is 5.11 Å². The molecular formula is C19H18N4O3. The van der Waals surface area contributed by atoms with E-state index in [0.29, 0.717) is 24.6 Å². The van der Waals surface area contributed by atoms with E-state index < -0.39 is 12.1 Å². The number of ether oxygens (including phenoxy) is 1. The van der Waals surface area contributed by atoms with Crippen LogP contribution in [0.25, 0.3) is 0 Å². The molecular weight excluding hydrogens is 332 g/mol. The standard InChI is InChI=1S/C19H18N4O3/c1-2-26-15-10-8-14(9-11-15)23-18(24)16-17(19(23)25)22(21-20-16)12-13-6-4-3-5-7-13/h3-11,16-17H,2,12H2,1H3/t16-,17-/m1/s1. The van der Waals surface area contributed by atoms with Crippen molar-refractivity contribution < 1.29 is 14.3 Å². The quantitative estimate of drug-likeness (QED) is 0.777. The van der Waals surface area contributed by atoms with Crippen molar-refractivity contribution in [3.63, 3.8) is 0 Å². The Labute approximate surface area is 150 Å². The molecule has 1 saturated heterocycles. The Hall–Kier alpha value is -3.22. The van der Waals surface area contributed by atoms with Gasteiger partial charge in [-0.3, -0.25) is 14.6 Å². The van der Waals surface area contributed by atoms with Gasteiger partial charge in [0.2, 0.25) is 0 Å². The van der Waals surface area contributed by atoms with Crippen molar-refractivity contribution in [3.8, 4) is 5.75 Å². The zero-order valence-electron chi connectivity index (χ0n) is 14.3. The van der Waals surface area contributed by atoms with Gasteiger partial charge in [0.15, 0.2) is 12.1 Å². The van der Waals surface area contributed by atoms with Gasteiger partial charge in [-0.05, 0) is 36.8 Å². The number of fused-ring (bicyclic) bond motifs is 1. The molecule has 2 amide bonds. The fraction of sp³-hybridized carbons (Fsp3) is 0.263. The lowest BCUT2D eigenvalue weighted by atomic mass is 10.1. The monoisotopic (exact) mass is 350 g/mol. The maximum Gasteiger partial charge on any atom is 0.263 e. The molecule has 1 fully saturated rings. The molecule has 2 heterocycles. The number of hydrogen-bond donors (Lipinski definition) is 0. The van der Waals surface area contributed by atoms with Crippen molar-refractivity contribution in [1.29, 1.82) is 0 Å². The summed E-state index contributed by atoms with van der Waals surface area (Å²) in [5, 5.41) is 9.69. The minimum Gasteiger partial charge on any atom is -0.494 e. The molecule has 0 bridgehead atoms. The van der Waals surface area contributed by atoms with Crippen LogP contribution in [-0.2, 0) is 16.1 Å². The number of carbonyl (C=O) groups excluding carboxylic acids is 2. The highest BCUT2D eigenvalue weighted by Gasteiger charge is 2.54. The van der Waals surface area contributed by atoms with E-state index in [0.717, 1.165) is 5.56 Å². The number of amides is 2. The smallest absolute Gasteiger partial charge is 0.263 e. The van der Waals surface area contributed by atoms with Gasteiger partial charge in [-0.1, -0.05) is 35.6 Å². The highest BCUT2D eigenvalue weighted by atomic mass is 16.5. The fourth-order valence-corrected chi connectivity index (χ4v) is 3.24. The summed E-state index contributed by atoms with van der Waals surface area (Å²) in [5.74, 6) is 0.0505. The SMILES string of the molecule is CCOc1ccc(N2C(=O)[C@@H]3N=NN(Cc4ccccc4)[C@H]3C2=O)cc1. The Balaban J connectivity index is 1.56. The van der Waals surface area contributed by atoms with Crippen LogP contribution in [0.1, 0.15) is 12.5 Å². The predicted octanol–water partition coefficient (Wildman–Crippen LogP) is 2.58. The molecule has 2 aromatic carbocycles. The first-order valence-corrected chi connectivity index (χ1v) is 8.51. The van der Waals surface area contributed by atoms with Gasteiger partial charge in [-0.25, -0.2) is 4.90 Å². The van der Waals surface area contributed by atoms with Gasteiger partial charge in [0.25, 0.3) is 11.8 Å². The summed E-state index contributed by atoms with van der Waals surface area (Å²) in [6.07, 6.45) is 0. The number of imide groups is 1. The van der Waals surface area contributed by atoms with Crippen molar-refractivity contribution >= 4 is 17.5 Å². The second kappa shape index (κ2) is 6.59.